The number of nitrogens with zero attached hydrogens (tertiary/aromatic N) is 1. The number of fused-ring (bicyclic) bond motifs is 1. The lowest BCUT2D eigenvalue weighted by molar-refractivity contribution is -0.0440. The number of nitrogens with one attached hydrogen (secondary N) is 1. The molecule has 0 unspecified atom stereocenters. The molecule has 2 aromatic carbocycles. The monoisotopic (exact) mass is 464 g/mol. The molecule has 0 saturated carbocycles. The van der Waals surface area contributed by atoms with Gasteiger partial charge in [-0.05, 0) is 62.2 Å². The lowest BCUT2D eigenvalue weighted by Gasteiger charge is -2.34. The molecule has 2 aromatic rings. The van der Waals surface area contributed by atoms with Crippen LogP contribution in [0.3, 0.4) is 0 Å². The topological polar surface area (TPSA) is 75.7 Å². The highest BCUT2D eigenvalue weighted by molar-refractivity contribution is 7.99. The molecular weight excluding hydrogens is 439 g/mol. The summed E-state index contributed by atoms with van der Waals surface area (Å²) in [5.74, 6) is 0.0845. The first-order chi connectivity index (χ1) is 14.7. The number of halogens is 1. The molecule has 0 spiro atoms. The van der Waals surface area contributed by atoms with E-state index < -0.39 is 10.0 Å². The molecule has 0 bridgehead atoms. The van der Waals surface area contributed by atoms with E-state index in [4.69, 9.17) is 4.74 Å². The minimum absolute atomic E-state index is 0.0760. The Kier molecular flexibility index (Phi) is 6.39. The summed E-state index contributed by atoms with van der Waals surface area (Å²) in [6, 6.07) is 10.3. The van der Waals surface area contributed by atoms with Crippen LogP contribution in [0.25, 0.3) is 0 Å². The van der Waals surface area contributed by atoms with Gasteiger partial charge in [0.05, 0.1) is 23.1 Å². The highest BCUT2D eigenvalue weighted by Crippen LogP contribution is 2.36. The van der Waals surface area contributed by atoms with E-state index in [9.17, 15) is 17.6 Å². The van der Waals surface area contributed by atoms with Crippen LogP contribution in [0.4, 0.5) is 4.39 Å². The summed E-state index contributed by atoms with van der Waals surface area (Å²) in [4.78, 5) is 14.0. The number of ether oxygens (including phenoxy) is 1. The Morgan fingerprint density at radius 2 is 1.90 bits per heavy atom. The second-order valence-electron chi connectivity index (χ2n) is 7.95. The zero-order valence-electron chi connectivity index (χ0n) is 17.4. The van der Waals surface area contributed by atoms with E-state index in [1.54, 1.807) is 30.0 Å². The van der Waals surface area contributed by atoms with Crippen LogP contribution in [-0.4, -0.2) is 49.7 Å². The SMILES string of the molecule is C[C@@H]1CN(S(=O)(=O)c2cccc(C(=O)N[C@@H]3CCSc4ccc(F)cc43)c2)C[C@H](C)O1. The van der Waals surface area contributed by atoms with Crippen LogP contribution in [0.5, 0.6) is 0 Å². The van der Waals surface area contributed by atoms with Crippen LogP contribution in [0.15, 0.2) is 52.3 Å². The van der Waals surface area contributed by atoms with Crippen LogP contribution in [0.2, 0.25) is 0 Å². The molecule has 1 amide bonds. The first kappa shape index (κ1) is 22.3. The standard InChI is InChI=1S/C22H25FN2O4S2/c1-14-12-25(13-15(2)29-14)31(27,28)18-5-3-4-16(10-18)22(26)24-20-8-9-30-21-7-6-17(23)11-19(20)21/h3-7,10-11,14-15,20H,8-9,12-13H2,1-2H3,(H,24,26)/t14-,15+,20-/m1/s1. The zero-order chi connectivity index (χ0) is 22.2. The first-order valence-corrected chi connectivity index (χ1v) is 12.7. The molecule has 0 aromatic heterocycles. The van der Waals surface area contributed by atoms with Gasteiger partial charge in [-0.2, -0.15) is 4.31 Å². The van der Waals surface area contributed by atoms with Crippen molar-refractivity contribution in [2.24, 2.45) is 0 Å². The maximum atomic E-state index is 13.7. The molecule has 31 heavy (non-hydrogen) atoms. The van der Waals surface area contributed by atoms with Crippen molar-refractivity contribution in [2.45, 2.75) is 48.3 Å². The second-order valence-corrected chi connectivity index (χ2v) is 11.0. The lowest BCUT2D eigenvalue weighted by Crippen LogP contribution is -2.48. The first-order valence-electron chi connectivity index (χ1n) is 10.2. The largest absolute Gasteiger partial charge is 0.373 e. The third kappa shape index (κ3) is 4.79. The predicted octanol–water partition coefficient (Wildman–Crippen LogP) is 3.59. The van der Waals surface area contributed by atoms with Gasteiger partial charge in [0.25, 0.3) is 5.91 Å². The molecule has 2 aliphatic rings. The fraction of sp³-hybridized carbons (Fsp3) is 0.409. The van der Waals surface area contributed by atoms with E-state index in [0.29, 0.717) is 6.42 Å². The van der Waals surface area contributed by atoms with Crippen molar-refractivity contribution in [3.8, 4) is 0 Å². The van der Waals surface area contributed by atoms with Crippen molar-refractivity contribution in [3.63, 3.8) is 0 Å². The predicted molar refractivity (Wildman–Crippen MR) is 117 cm³/mol. The lowest BCUT2D eigenvalue weighted by atomic mass is 10.0. The minimum atomic E-state index is -3.75. The van der Waals surface area contributed by atoms with Gasteiger partial charge in [0.2, 0.25) is 10.0 Å². The molecule has 166 valence electrons. The number of amides is 1. The van der Waals surface area contributed by atoms with E-state index >= 15 is 0 Å². The third-order valence-corrected chi connectivity index (χ3v) is 8.39. The molecule has 3 atom stereocenters. The average molecular weight is 465 g/mol. The molecule has 6 nitrogen and oxygen atoms in total. The molecule has 0 radical (unpaired) electrons. The van der Waals surface area contributed by atoms with E-state index in [-0.39, 0.29) is 53.5 Å². The van der Waals surface area contributed by atoms with Gasteiger partial charge in [0.15, 0.2) is 0 Å². The maximum Gasteiger partial charge on any atom is 0.251 e. The van der Waals surface area contributed by atoms with Gasteiger partial charge in [-0.1, -0.05) is 6.07 Å². The summed E-state index contributed by atoms with van der Waals surface area (Å²) in [5, 5.41) is 2.94. The third-order valence-electron chi connectivity index (χ3n) is 5.44. The highest BCUT2D eigenvalue weighted by Gasteiger charge is 2.32. The van der Waals surface area contributed by atoms with E-state index in [1.165, 1.54) is 28.6 Å². The summed E-state index contributed by atoms with van der Waals surface area (Å²) in [6.07, 6.45) is 0.276. The summed E-state index contributed by atoms with van der Waals surface area (Å²) in [6.45, 7) is 4.22. The molecule has 1 N–H and O–H groups in total. The molecule has 9 heteroatoms. The Labute approximate surface area is 186 Å². The van der Waals surface area contributed by atoms with E-state index in [2.05, 4.69) is 5.32 Å². The molecule has 1 saturated heterocycles. The molecule has 2 heterocycles. The molecule has 4 rings (SSSR count). The quantitative estimate of drug-likeness (QED) is 0.749. The summed E-state index contributed by atoms with van der Waals surface area (Å²) in [5.41, 5.74) is 1.01. The number of hydrogen-bond acceptors (Lipinski definition) is 5. The molecule has 1 fully saturated rings. The summed E-state index contributed by atoms with van der Waals surface area (Å²) in [7, 11) is -3.75. The van der Waals surface area contributed by atoms with Gasteiger partial charge in [0, 0.05) is 29.3 Å². The number of thioether (sulfide) groups is 1. The molecule has 2 aliphatic heterocycles. The fourth-order valence-corrected chi connectivity index (χ4v) is 6.77. The Hall–Kier alpha value is -1.94. The number of hydrogen-bond donors (Lipinski definition) is 1. The normalized spacial score (nSPS) is 24.4. The fourth-order valence-electron chi connectivity index (χ4n) is 4.03. The molecule has 0 aliphatic carbocycles. The van der Waals surface area contributed by atoms with Crippen LogP contribution in [0, 0.1) is 5.82 Å². The Morgan fingerprint density at radius 3 is 2.65 bits per heavy atom. The van der Waals surface area contributed by atoms with Gasteiger partial charge >= 0.3 is 0 Å². The number of benzene rings is 2. The summed E-state index contributed by atoms with van der Waals surface area (Å²) < 4.78 is 47.1. The summed E-state index contributed by atoms with van der Waals surface area (Å²) >= 11 is 1.63. The van der Waals surface area contributed by atoms with Crippen LogP contribution < -0.4 is 5.32 Å². The number of rotatable bonds is 4. The highest BCUT2D eigenvalue weighted by atomic mass is 32.2. The van der Waals surface area contributed by atoms with Crippen molar-refractivity contribution < 1.29 is 22.3 Å². The Morgan fingerprint density at radius 1 is 1.16 bits per heavy atom. The van der Waals surface area contributed by atoms with E-state index in [1.807, 2.05) is 13.8 Å². The van der Waals surface area contributed by atoms with Gasteiger partial charge in [0.1, 0.15) is 5.82 Å². The Bertz CT molecular complexity index is 1080. The maximum absolute atomic E-state index is 13.7. The van der Waals surface area contributed by atoms with E-state index in [0.717, 1.165) is 16.2 Å². The number of morpholine rings is 1. The van der Waals surface area contributed by atoms with Crippen molar-refractivity contribution in [2.75, 3.05) is 18.8 Å². The van der Waals surface area contributed by atoms with Crippen molar-refractivity contribution >= 4 is 27.7 Å². The van der Waals surface area contributed by atoms with Gasteiger partial charge in [-0.15, -0.1) is 11.8 Å². The van der Waals surface area contributed by atoms with Crippen LogP contribution >= 0.6 is 11.8 Å². The van der Waals surface area contributed by atoms with Crippen molar-refractivity contribution in [1.29, 1.82) is 0 Å². The Balaban J connectivity index is 1.55. The molecular formula is C22H25FN2O4S2. The van der Waals surface area contributed by atoms with Crippen LogP contribution in [0.1, 0.15) is 42.2 Å². The minimum Gasteiger partial charge on any atom is -0.373 e. The van der Waals surface area contributed by atoms with Gasteiger partial charge in [-0.3, -0.25) is 4.79 Å². The van der Waals surface area contributed by atoms with Crippen LogP contribution in [-0.2, 0) is 14.8 Å². The van der Waals surface area contributed by atoms with Crippen molar-refractivity contribution in [3.05, 3.63) is 59.4 Å². The zero-order valence-corrected chi connectivity index (χ0v) is 19.0. The smallest absolute Gasteiger partial charge is 0.251 e. The van der Waals surface area contributed by atoms with Gasteiger partial charge in [-0.25, -0.2) is 12.8 Å². The average Bonchev–Trinajstić information content (AvgIpc) is 2.73. The van der Waals surface area contributed by atoms with Gasteiger partial charge < -0.3 is 10.1 Å². The second kappa shape index (κ2) is 8.90. The van der Waals surface area contributed by atoms with Crippen molar-refractivity contribution in [1.82, 2.24) is 9.62 Å². The number of carbonyl (C=O) groups excluding carboxylic acids is 1. The number of carbonyl (C=O) groups is 1. The number of sulfonamides is 1.